The van der Waals surface area contributed by atoms with Gasteiger partial charge in [0.1, 0.15) is 5.60 Å². The van der Waals surface area contributed by atoms with E-state index in [2.05, 4.69) is 20.8 Å². The Morgan fingerprint density at radius 1 is 1.21 bits per heavy atom. The van der Waals surface area contributed by atoms with E-state index in [0.29, 0.717) is 18.8 Å². The van der Waals surface area contributed by atoms with Crippen molar-refractivity contribution in [2.45, 2.75) is 64.9 Å². The molecule has 1 fully saturated rings. The molecule has 1 aliphatic carbocycles. The molecular weight excluding hydrogens is 244 g/mol. The molecule has 0 unspecified atom stereocenters. The normalized spacial score (nSPS) is 28.1. The van der Waals surface area contributed by atoms with Gasteiger partial charge in [0.05, 0.1) is 6.42 Å². The summed E-state index contributed by atoms with van der Waals surface area (Å²) in [4.78, 5) is 22.8. The second-order valence-corrected chi connectivity index (χ2v) is 6.66. The monoisotopic (exact) mass is 270 g/mol. The van der Waals surface area contributed by atoms with Crippen LogP contribution in [0.4, 0.5) is 0 Å². The summed E-state index contributed by atoms with van der Waals surface area (Å²) < 4.78 is 5.49. The Morgan fingerprint density at radius 2 is 1.74 bits per heavy atom. The van der Waals surface area contributed by atoms with Crippen molar-refractivity contribution >= 4 is 11.8 Å². The molecule has 0 aromatic carbocycles. The van der Waals surface area contributed by atoms with Crippen molar-refractivity contribution in [3.8, 4) is 0 Å². The molecule has 1 saturated carbocycles. The molecule has 4 heteroatoms. The molecule has 0 bridgehead atoms. The minimum atomic E-state index is -0.928. The van der Waals surface area contributed by atoms with Crippen LogP contribution in [0, 0.1) is 11.3 Å². The van der Waals surface area contributed by atoms with Gasteiger partial charge in [-0.05, 0) is 37.0 Å². The fourth-order valence-corrected chi connectivity index (χ4v) is 3.00. The van der Waals surface area contributed by atoms with Gasteiger partial charge in [-0.1, -0.05) is 20.8 Å². The molecule has 0 aliphatic heterocycles. The van der Waals surface area contributed by atoms with Gasteiger partial charge in [-0.2, -0.15) is 0 Å². The predicted octanol–water partition coefficient (Wildman–Crippen LogP) is 3.04. The summed E-state index contributed by atoms with van der Waals surface area (Å²) in [6.07, 6.45) is 3.33. The van der Waals surface area contributed by atoms with Gasteiger partial charge in [-0.15, -0.1) is 0 Å². The molecule has 1 N–H and O–H groups in total. The van der Waals surface area contributed by atoms with Crippen LogP contribution in [0.15, 0.2) is 0 Å². The van der Waals surface area contributed by atoms with Crippen LogP contribution in [0.3, 0.4) is 0 Å². The smallest absolute Gasteiger partial charge is 0.303 e. The predicted molar refractivity (Wildman–Crippen MR) is 73.0 cm³/mol. The van der Waals surface area contributed by atoms with Gasteiger partial charge in [-0.3, -0.25) is 9.59 Å². The maximum absolute atomic E-state index is 12.2. The number of carbonyl (C=O) groups is 2. The van der Waals surface area contributed by atoms with E-state index in [1.165, 1.54) is 0 Å². The third kappa shape index (κ3) is 4.03. The van der Waals surface area contributed by atoms with Crippen molar-refractivity contribution in [1.82, 2.24) is 0 Å². The number of aliphatic carboxylic acids is 1. The summed E-state index contributed by atoms with van der Waals surface area (Å²) in [5.41, 5.74) is -0.485. The van der Waals surface area contributed by atoms with Crippen LogP contribution in [0.5, 0.6) is 0 Å². The third-order valence-corrected chi connectivity index (χ3v) is 4.48. The van der Waals surface area contributed by atoms with Gasteiger partial charge in [0.25, 0.3) is 0 Å². The number of hydrogen-bond donors (Lipinski definition) is 1. The molecule has 0 spiro atoms. The second-order valence-electron chi connectivity index (χ2n) is 6.66. The van der Waals surface area contributed by atoms with Crippen molar-refractivity contribution in [3.05, 3.63) is 0 Å². The fourth-order valence-electron chi connectivity index (χ4n) is 3.00. The number of carbonyl (C=O) groups excluding carboxylic acids is 1. The van der Waals surface area contributed by atoms with Crippen LogP contribution in [-0.2, 0) is 14.3 Å². The first-order valence-electron chi connectivity index (χ1n) is 7.01. The Bertz CT molecular complexity index is 333. The first-order chi connectivity index (χ1) is 8.71. The number of methoxy groups -OCH3 is 1. The lowest BCUT2D eigenvalue weighted by atomic mass is 9.67. The van der Waals surface area contributed by atoms with Gasteiger partial charge in [0.15, 0.2) is 5.78 Å². The van der Waals surface area contributed by atoms with E-state index in [1.807, 2.05) is 0 Å². The highest BCUT2D eigenvalue weighted by Gasteiger charge is 2.43. The van der Waals surface area contributed by atoms with Gasteiger partial charge in [0.2, 0.25) is 0 Å². The topological polar surface area (TPSA) is 63.6 Å². The number of rotatable bonds is 5. The number of carboxylic acids is 1. The van der Waals surface area contributed by atoms with Crippen molar-refractivity contribution in [2.24, 2.45) is 11.3 Å². The standard InChI is InChI=1S/C15H26O4/c1-14(2,3)11-7-9-15(19-4,10-8-11)12(16)5-6-13(17)18/h11H,5-10H2,1-4H3,(H,17,18). The Morgan fingerprint density at radius 3 is 2.11 bits per heavy atom. The summed E-state index contributed by atoms with van der Waals surface area (Å²) in [6, 6.07) is 0. The van der Waals surface area contributed by atoms with E-state index in [-0.39, 0.29) is 24.0 Å². The van der Waals surface area contributed by atoms with Crippen molar-refractivity contribution in [2.75, 3.05) is 7.11 Å². The first kappa shape index (κ1) is 16.2. The van der Waals surface area contributed by atoms with Crippen LogP contribution < -0.4 is 0 Å². The van der Waals surface area contributed by atoms with Crippen molar-refractivity contribution < 1.29 is 19.4 Å². The molecule has 0 amide bonds. The average Bonchev–Trinajstić information content (AvgIpc) is 2.34. The maximum atomic E-state index is 12.2. The summed E-state index contributed by atoms with van der Waals surface area (Å²) in [5, 5.41) is 8.67. The maximum Gasteiger partial charge on any atom is 0.303 e. The highest BCUT2D eigenvalue weighted by atomic mass is 16.5. The van der Waals surface area contributed by atoms with Crippen molar-refractivity contribution in [1.29, 1.82) is 0 Å². The molecule has 0 radical (unpaired) electrons. The van der Waals surface area contributed by atoms with E-state index in [9.17, 15) is 9.59 Å². The molecule has 19 heavy (non-hydrogen) atoms. The summed E-state index contributed by atoms with van der Waals surface area (Å²) in [6.45, 7) is 6.68. The average molecular weight is 270 g/mol. The summed E-state index contributed by atoms with van der Waals surface area (Å²) in [5.74, 6) is -0.379. The van der Waals surface area contributed by atoms with Gasteiger partial charge >= 0.3 is 5.97 Å². The first-order valence-corrected chi connectivity index (χ1v) is 7.01. The Labute approximate surface area is 115 Å². The molecule has 0 atom stereocenters. The molecule has 1 aliphatic rings. The van der Waals surface area contributed by atoms with Gasteiger partial charge in [-0.25, -0.2) is 0 Å². The lowest BCUT2D eigenvalue weighted by Crippen LogP contribution is -2.45. The number of carboxylic acid groups (broad SMARTS) is 1. The third-order valence-electron chi connectivity index (χ3n) is 4.48. The largest absolute Gasteiger partial charge is 0.481 e. The zero-order valence-electron chi connectivity index (χ0n) is 12.5. The zero-order chi connectivity index (χ0) is 14.7. The van der Waals surface area contributed by atoms with Crippen molar-refractivity contribution in [3.63, 3.8) is 0 Å². The SMILES string of the molecule is COC1(C(=O)CCC(=O)O)CCC(C(C)(C)C)CC1. The summed E-state index contributed by atoms with van der Waals surface area (Å²) in [7, 11) is 1.57. The minimum absolute atomic E-state index is 0.0511. The van der Waals surface area contributed by atoms with E-state index in [1.54, 1.807) is 7.11 Å². The van der Waals surface area contributed by atoms with E-state index < -0.39 is 11.6 Å². The number of ether oxygens (including phenoxy) is 1. The molecule has 0 aromatic rings. The van der Waals surface area contributed by atoms with Gasteiger partial charge < -0.3 is 9.84 Å². The van der Waals surface area contributed by atoms with E-state index >= 15 is 0 Å². The van der Waals surface area contributed by atoms with E-state index in [0.717, 1.165) is 12.8 Å². The lowest BCUT2D eigenvalue weighted by Gasteiger charge is -2.42. The highest BCUT2D eigenvalue weighted by molar-refractivity contribution is 5.89. The Kier molecular flexibility index (Phi) is 5.13. The minimum Gasteiger partial charge on any atom is -0.481 e. The van der Waals surface area contributed by atoms with Crippen LogP contribution in [0.2, 0.25) is 0 Å². The Hall–Kier alpha value is -0.900. The Balaban J connectivity index is 2.64. The molecule has 0 aromatic heterocycles. The molecule has 0 heterocycles. The van der Waals surface area contributed by atoms with E-state index in [4.69, 9.17) is 9.84 Å². The molecule has 110 valence electrons. The number of Topliss-reactive ketones (excluding diaryl/α,β-unsaturated/α-hetero) is 1. The van der Waals surface area contributed by atoms with Crippen LogP contribution >= 0.6 is 0 Å². The molecule has 4 nitrogen and oxygen atoms in total. The quantitative estimate of drug-likeness (QED) is 0.834. The number of ketones is 1. The van der Waals surface area contributed by atoms with Crippen LogP contribution in [0.25, 0.3) is 0 Å². The fraction of sp³-hybridized carbons (Fsp3) is 0.867. The highest BCUT2D eigenvalue weighted by Crippen LogP contribution is 2.43. The number of hydrogen-bond acceptors (Lipinski definition) is 3. The molecule has 1 rings (SSSR count). The molecule has 0 saturated heterocycles. The summed E-state index contributed by atoms with van der Waals surface area (Å²) >= 11 is 0. The second kappa shape index (κ2) is 6.04. The lowest BCUT2D eigenvalue weighted by molar-refractivity contribution is -0.150. The zero-order valence-corrected chi connectivity index (χ0v) is 12.5. The molecular formula is C15H26O4. The van der Waals surface area contributed by atoms with Crippen LogP contribution in [0.1, 0.15) is 59.3 Å². The van der Waals surface area contributed by atoms with Gasteiger partial charge in [0, 0.05) is 13.5 Å². The van der Waals surface area contributed by atoms with Crippen LogP contribution in [-0.4, -0.2) is 29.6 Å².